The van der Waals surface area contributed by atoms with Crippen LogP contribution in [0.4, 0.5) is 5.69 Å². The van der Waals surface area contributed by atoms with Crippen LogP contribution < -0.4 is 14.4 Å². The number of amides is 1. The maximum atomic E-state index is 13.7. The summed E-state index contributed by atoms with van der Waals surface area (Å²) in [5.74, 6) is 2.21. The zero-order valence-corrected chi connectivity index (χ0v) is 20.9. The van der Waals surface area contributed by atoms with E-state index in [0.29, 0.717) is 28.8 Å². The molecule has 0 radical (unpaired) electrons. The topological polar surface area (TPSA) is 77.7 Å². The number of benzene rings is 3. The van der Waals surface area contributed by atoms with Gasteiger partial charge >= 0.3 is 0 Å². The molecule has 182 valence electrons. The number of hydrogen-bond donors (Lipinski definition) is 0. The van der Waals surface area contributed by atoms with Crippen LogP contribution in [-0.2, 0) is 0 Å². The molecule has 2 aliphatic rings. The lowest BCUT2D eigenvalue weighted by molar-refractivity contribution is 0.0974. The fourth-order valence-corrected chi connectivity index (χ4v) is 6.04. The molecule has 1 fully saturated rings. The molecular weight excluding hydrogens is 474 g/mol. The van der Waals surface area contributed by atoms with Crippen LogP contribution in [0.1, 0.15) is 36.0 Å². The van der Waals surface area contributed by atoms with Crippen molar-refractivity contribution in [1.82, 2.24) is 10.1 Å². The molecule has 1 saturated carbocycles. The first-order valence-corrected chi connectivity index (χ1v) is 12.8. The molecule has 0 saturated heterocycles. The van der Waals surface area contributed by atoms with Crippen molar-refractivity contribution in [3.8, 4) is 34.3 Å². The second-order valence-electron chi connectivity index (χ2n) is 8.92. The van der Waals surface area contributed by atoms with Crippen LogP contribution in [0.15, 0.2) is 75.0 Å². The van der Waals surface area contributed by atoms with E-state index in [1.165, 1.54) is 0 Å². The van der Waals surface area contributed by atoms with E-state index >= 15 is 0 Å². The normalized spacial score (nSPS) is 15.4. The van der Waals surface area contributed by atoms with Crippen molar-refractivity contribution in [2.24, 2.45) is 0 Å². The Morgan fingerprint density at radius 3 is 2.42 bits per heavy atom. The van der Waals surface area contributed by atoms with Crippen molar-refractivity contribution in [3.63, 3.8) is 0 Å². The van der Waals surface area contributed by atoms with Gasteiger partial charge in [-0.05, 0) is 55.3 Å². The second kappa shape index (κ2) is 9.35. The van der Waals surface area contributed by atoms with Crippen LogP contribution in [0.25, 0.3) is 22.8 Å². The molecule has 0 atom stereocenters. The Morgan fingerprint density at radius 2 is 1.67 bits per heavy atom. The summed E-state index contributed by atoms with van der Waals surface area (Å²) in [5, 5.41) is 4.24. The zero-order valence-electron chi connectivity index (χ0n) is 20.1. The first-order valence-electron chi connectivity index (χ1n) is 12.0. The lowest BCUT2D eigenvalue weighted by Gasteiger charge is -2.29. The van der Waals surface area contributed by atoms with Gasteiger partial charge in [-0.15, -0.1) is 0 Å². The second-order valence-corrected chi connectivity index (χ2v) is 10.0. The third-order valence-corrected chi connectivity index (χ3v) is 7.87. The minimum absolute atomic E-state index is 0.0744. The highest BCUT2D eigenvalue weighted by Crippen LogP contribution is 2.45. The lowest BCUT2D eigenvalue weighted by Crippen LogP contribution is -2.39. The number of carbonyl (C=O) groups excluding carboxylic acids is 1. The molecular formula is C28H25N3O4S. The van der Waals surface area contributed by atoms with E-state index in [0.717, 1.165) is 52.3 Å². The summed E-state index contributed by atoms with van der Waals surface area (Å²) in [6.07, 6.45) is 4.35. The van der Waals surface area contributed by atoms with Gasteiger partial charge in [0.25, 0.3) is 11.8 Å². The van der Waals surface area contributed by atoms with Gasteiger partial charge in [0.2, 0.25) is 5.82 Å². The number of hydrogen-bond acceptors (Lipinski definition) is 7. The minimum atomic E-state index is 0.0744. The zero-order chi connectivity index (χ0) is 24.6. The highest BCUT2D eigenvalue weighted by molar-refractivity contribution is 7.99. The molecule has 8 heteroatoms. The summed E-state index contributed by atoms with van der Waals surface area (Å²) in [6, 6.07) is 19.5. The number of anilines is 1. The van der Waals surface area contributed by atoms with Crippen LogP contribution >= 0.6 is 11.8 Å². The molecule has 1 aliphatic heterocycles. The first kappa shape index (κ1) is 22.7. The first-order chi connectivity index (χ1) is 17.6. The van der Waals surface area contributed by atoms with E-state index in [4.69, 9.17) is 14.0 Å². The van der Waals surface area contributed by atoms with Crippen molar-refractivity contribution in [1.29, 1.82) is 0 Å². The van der Waals surface area contributed by atoms with E-state index in [9.17, 15) is 4.79 Å². The number of nitrogens with zero attached hydrogens (tertiary/aromatic N) is 3. The van der Waals surface area contributed by atoms with Gasteiger partial charge in [-0.25, -0.2) is 0 Å². The monoisotopic (exact) mass is 499 g/mol. The summed E-state index contributed by atoms with van der Waals surface area (Å²) < 4.78 is 16.3. The molecule has 1 aromatic heterocycles. The van der Waals surface area contributed by atoms with E-state index in [1.807, 2.05) is 53.4 Å². The highest BCUT2D eigenvalue weighted by atomic mass is 32.2. The molecule has 6 rings (SSSR count). The minimum Gasteiger partial charge on any atom is -0.497 e. The lowest BCUT2D eigenvalue weighted by atomic mass is 10.1. The Kier molecular flexibility index (Phi) is 5.89. The summed E-state index contributed by atoms with van der Waals surface area (Å²) >= 11 is 1.61. The van der Waals surface area contributed by atoms with E-state index in [1.54, 1.807) is 32.0 Å². The standard InChI is InChI=1S/C28H25N3O4S/c1-33-20-13-18(14-21(16-20)34-2)27-29-26(30-35-27)17-11-12-23-25(15-17)36-24-10-6-5-9-22(24)28(32)31(23)19-7-3-4-8-19/h5-6,9-16,19H,3-4,7-8H2,1-2H3. The number of fused-ring (bicyclic) bond motifs is 2. The molecule has 0 spiro atoms. The van der Waals surface area contributed by atoms with E-state index < -0.39 is 0 Å². The van der Waals surface area contributed by atoms with Gasteiger partial charge in [-0.2, -0.15) is 4.98 Å². The molecule has 0 unspecified atom stereocenters. The van der Waals surface area contributed by atoms with Gasteiger partial charge in [-0.3, -0.25) is 4.79 Å². The van der Waals surface area contributed by atoms with Gasteiger partial charge in [0.15, 0.2) is 0 Å². The highest BCUT2D eigenvalue weighted by Gasteiger charge is 2.34. The van der Waals surface area contributed by atoms with Crippen molar-refractivity contribution in [2.45, 2.75) is 41.5 Å². The van der Waals surface area contributed by atoms with Crippen molar-refractivity contribution in [3.05, 3.63) is 66.2 Å². The Balaban J connectivity index is 1.40. The molecule has 0 N–H and O–H groups in total. The number of aromatic nitrogens is 2. The van der Waals surface area contributed by atoms with Gasteiger partial charge in [0.1, 0.15) is 11.5 Å². The van der Waals surface area contributed by atoms with Crippen LogP contribution in [0.5, 0.6) is 11.5 Å². The molecule has 1 aliphatic carbocycles. The quantitative estimate of drug-likeness (QED) is 0.311. The van der Waals surface area contributed by atoms with Crippen molar-refractivity contribution >= 4 is 23.4 Å². The third-order valence-electron chi connectivity index (χ3n) is 6.75. The average molecular weight is 500 g/mol. The number of ether oxygens (including phenoxy) is 2. The Hall–Kier alpha value is -3.78. The molecule has 3 aromatic carbocycles. The van der Waals surface area contributed by atoms with Crippen molar-refractivity contribution in [2.75, 3.05) is 19.1 Å². The Bertz CT molecular complexity index is 1420. The van der Waals surface area contributed by atoms with Crippen molar-refractivity contribution < 1.29 is 18.8 Å². The smallest absolute Gasteiger partial charge is 0.259 e. The fraction of sp³-hybridized carbons (Fsp3) is 0.250. The molecule has 1 amide bonds. The maximum Gasteiger partial charge on any atom is 0.259 e. The van der Waals surface area contributed by atoms with Crippen LogP contribution in [-0.4, -0.2) is 36.3 Å². The van der Waals surface area contributed by atoms with Gasteiger partial charge in [-0.1, -0.05) is 41.9 Å². The summed E-state index contributed by atoms with van der Waals surface area (Å²) in [7, 11) is 3.20. The summed E-state index contributed by atoms with van der Waals surface area (Å²) in [4.78, 5) is 22.3. The molecule has 2 heterocycles. The largest absolute Gasteiger partial charge is 0.497 e. The number of methoxy groups -OCH3 is 2. The number of rotatable bonds is 5. The number of carbonyl (C=O) groups is 1. The molecule has 36 heavy (non-hydrogen) atoms. The summed E-state index contributed by atoms with van der Waals surface area (Å²) in [6.45, 7) is 0. The Morgan fingerprint density at radius 1 is 0.917 bits per heavy atom. The average Bonchev–Trinajstić information content (AvgIpc) is 3.61. The van der Waals surface area contributed by atoms with Gasteiger partial charge in [0, 0.05) is 33.0 Å². The van der Waals surface area contributed by atoms with E-state index in [-0.39, 0.29) is 11.9 Å². The third kappa shape index (κ3) is 4.01. The molecule has 7 nitrogen and oxygen atoms in total. The SMILES string of the molecule is COc1cc(OC)cc(-c2nc(-c3ccc4c(c3)Sc3ccccc3C(=O)N4C3CCCC3)no2)c1. The van der Waals surface area contributed by atoms with Gasteiger partial charge < -0.3 is 18.9 Å². The van der Waals surface area contributed by atoms with Crippen LogP contribution in [0.3, 0.4) is 0 Å². The molecule has 0 bridgehead atoms. The Labute approximate surface area is 213 Å². The fourth-order valence-electron chi connectivity index (χ4n) is 4.94. The van der Waals surface area contributed by atoms with Gasteiger partial charge in [0.05, 0.1) is 25.5 Å². The van der Waals surface area contributed by atoms with Crippen LogP contribution in [0, 0.1) is 0 Å². The van der Waals surface area contributed by atoms with Crippen LogP contribution in [0.2, 0.25) is 0 Å². The predicted molar refractivity (Wildman–Crippen MR) is 138 cm³/mol. The summed E-state index contributed by atoms with van der Waals surface area (Å²) in [5.41, 5.74) is 3.23. The maximum absolute atomic E-state index is 13.7. The van der Waals surface area contributed by atoms with E-state index in [2.05, 4.69) is 16.2 Å². The predicted octanol–water partition coefficient (Wildman–Crippen LogP) is 6.47. The molecule has 4 aromatic rings.